The average Bonchev–Trinajstić information content (AvgIpc) is 3.36. The van der Waals surface area contributed by atoms with Gasteiger partial charge in [0.15, 0.2) is 0 Å². The van der Waals surface area contributed by atoms with Crippen LogP contribution in [0.3, 0.4) is 0 Å². The number of carbonyl (C=O) groups is 2. The molecule has 2 aliphatic heterocycles. The normalized spacial score (nSPS) is 20.3. The first-order valence-electron chi connectivity index (χ1n) is 10.3. The van der Waals surface area contributed by atoms with Crippen molar-refractivity contribution in [3.8, 4) is 5.75 Å². The first-order valence-corrected chi connectivity index (χ1v) is 11.2. The lowest BCUT2D eigenvalue weighted by Crippen LogP contribution is -2.32. The predicted molar refractivity (Wildman–Crippen MR) is 122 cm³/mol. The van der Waals surface area contributed by atoms with Crippen LogP contribution in [0.5, 0.6) is 5.75 Å². The Morgan fingerprint density at radius 2 is 2.10 bits per heavy atom. The number of aliphatic hydroxyl groups is 1. The summed E-state index contributed by atoms with van der Waals surface area (Å²) in [4.78, 5) is 32.5. The van der Waals surface area contributed by atoms with Gasteiger partial charge in [-0.2, -0.15) is 0 Å². The summed E-state index contributed by atoms with van der Waals surface area (Å²) in [6, 6.07) is 8.57. The lowest BCUT2D eigenvalue weighted by Gasteiger charge is -2.28. The molecule has 0 spiro atoms. The fourth-order valence-corrected chi connectivity index (χ4v) is 4.91. The maximum atomic E-state index is 13.0. The van der Waals surface area contributed by atoms with Gasteiger partial charge in [0, 0.05) is 24.0 Å². The first-order chi connectivity index (χ1) is 14.9. The number of fused-ring (bicyclic) bond motifs is 1. The molecule has 1 amide bonds. The summed E-state index contributed by atoms with van der Waals surface area (Å²) in [6.45, 7) is 2.59. The molecule has 4 rings (SSSR count). The Labute approximate surface area is 186 Å². The zero-order chi connectivity index (χ0) is 22.1. The highest BCUT2D eigenvalue weighted by Crippen LogP contribution is 2.42. The number of rotatable bonds is 6. The van der Waals surface area contributed by atoms with Crippen molar-refractivity contribution in [3.63, 3.8) is 0 Å². The lowest BCUT2D eigenvalue weighted by molar-refractivity contribution is -0.139. The van der Waals surface area contributed by atoms with Crippen LogP contribution in [0.2, 0.25) is 0 Å². The van der Waals surface area contributed by atoms with Gasteiger partial charge in [0.2, 0.25) is 0 Å². The van der Waals surface area contributed by atoms with Gasteiger partial charge in [-0.05, 0) is 56.7 Å². The lowest BCUT2D eigenvalue weighted by atomic mass is 9.99. The highest BCUT2D eigenvalue weighted by Gasteiger charge is 2.46. The van der Waals surface area contributed by atoms with Crippen LogP contribution in [0, 0.1) is 0 Å². The molecule has 1 aromatic carbocycles. The second-order valence-electron chi connectivity index (χ2n) is 8.12. The third kappa shape index (κ3) is 4.05. The molecule has 1 N–H and O–H groups in total. The number of likely N-dealkylation sites (tertiary alicyclic amines) is 1. The maximum Gasteiger partial charge on any atom is 0.295 e. The number of amides is 1. The number of Topliss-reactive ketones (excluding diaryl/α,β-unsaturated/α-hetero) is 1. The van der Waals surface area contributed by atoms with Crippen molar-refractivity contribution in [2.75, 3.05) is 52.3 Å². The SMILES string of the molecule is CN(C)CCCN1C(=O)C(=O)/C(=C(\O)c2ccc3c(c2)N(C)CCO3)C1c1cccs1. The number of ether oxygens (including phenoxy) is 1. The number of likely N-dealkylation sites (N-methyl/N-ethyl adjacent to an activating group) is 1. The van der Waals surface area contributed by atoms with Gasteiger partial charge in [0.1, 0.15) is 18.1 Å². The number of anilines is 1. The quantitative estimate of drug-likeness (QED) is 0.422. The number of benzene rings is 1. The molecular weight excluding hydrogens is 414 g/mol. The monoisotopic (exact) mass is 441 g/mol. The molecule has 1 fully saturated rings. The minimum absolute atomic E-state index is 0.145. The van der Waals surface area contributed by atoms with E-state index in [9.17, 15) is 14.7 Å². The molecule has 0 radical (unpaired) electrons. The largest absolute Gasteiger partial charge is 0.507 e. The van der Waals surface area contributed by atoms with E-state index in [1.54, 1.807) is 17.0 Å². The molecule has 7 nitrogen and oxygen atoms in total. The predicted octanol–water partition coefficient (Wildman–Crippen LogP) is 2.95. The molecule has 1 saturated heterocycles. The van der Waals surface area contributed by atoms with E-state index in [1.807, 2.05) is 54.5 Å². The molecule has 164 valence electrons. The van der Waals surface area contributed by atoms with Gasteiger partial charge in [-0.15, -0.1) is 11.3 Å². The van der Waals surface area contributed by atoms with Crippen molar-refractivity contribution in [1.82, 2.24) is 9.80 Å². The molecule has 1 unspecified atom stereocenters. The van der Waals surface area contributed by atoms with Gasteiger partial charge < -0.3 is 24.5 Å². The van der Waals surface area contributed by atoms with E-state index < -0.39 is 17.7 Å². The highest BCUT2D eigenvalue weighted by molar-refractivity contribution is 7.10. The number of carbonyl (C=O) groups excluding carboxylic acids is 2. The zero-order valence-corrected chi connectivity index (χ0v) is 18.8. The van der Waals surface area contributed by atoms with Crippen molar-refractivity contribution < 1.29 is 19.4 Å². The van der Waals surface area contributed by atoms with Crippen LogP contribution >= 0.6 is 11.3 Å². The molecule has 1 aromatic heterocycles. The molecule has 2 aromatic rings. The zero-order valence-electron chi connectivity index (χ0n) is 18.0. The number of thiophene rings is 1. The summed E-state index contributed by atoms with van der Waals surface area (Å²) in [5.41, 5.74) is 1.50. The number of aliphatic hydroxyl groups excluding tert-OH is 1. The molecule has 2 aliphatic rings. The average molecular weight is 442 g/mol. The summed E-state index contributed by atoms with van der Waals surface area (Å²) >= 11 is 1.48. The van der Waals surface area contributed by atoms with Crippen molar-refractivity contribution in [3.05, 3.63) is 51.7 Å². The van der Waals surface area contributed by atoms with Gasteiger partial charge in [-0.25, -0.2) is 0 Å². The van der Waals surface area contributed by atoms with Crippen molar-refractivity contribution in [2.45, 2.75) is 12.5 Å². The Balaban J connectivity index is 1.76. The molecule has 0 saturated carbocycles. The van der Waals surface area contributed by atoms with E-state index in [0.717, 1.165) is 35.8 Å². The van der Waals surface area contributed by atoms with Gasteiger partial charge in [-0.3, -0.25) is 9.59 Å². The maximum absolute atomic E-state index is 13.0. The Kier molecular flexibility index (Phi) is 6.02. The summed E-state index contributed by atoms with van der Waals surface area (Å²) in [5, 5.41) is 13.1. The Hall–Kier alpha value is -2.84. The topological polar surface area (TPSA) is 73.3 Å². The van der Waals surface area contributed by atoms with E-state index >= 15 is 0 Å². The smallest absolute Gasteiger partial charge is 0.295 e. The van der Waals surface area contributed by atoms with Gasteiger partial charge >= 0.3 is 0 Å². The van der Waals surface area contributed by atoms with E-state index in [2.05, 4.69) is 0 Å². The number of ketones is 1. The molecule has 0 bridgehead atoms. The van der Waals surface area contributed by atoms with Gasteiger partial charge in [-0.1, -0.05) is 6.07 Å². The standard InChI is InChI=1S/C23H27N3O4S/c1-24(2)9-5-10-26-20(18-6-4-13-31-18)19(22(28)23(26)29)21(27)15-7-8-17-16(14-15)25(3)11-12-30-17/h4,6-8,13-14,20,27H,5,9-12H2,1-3H3/b21-19-. The molecular formula is C23H27N3O4S. The third-order valence-electron chi connectivity index (χ3n) is 5.68. The van der Waals surface area contributed by atoms with E-state index in [0.29, 0.717) is 18.7 Å². The van der Waals surface area contributed by atoms with Crippen LogP contribution in [0.1, 0.15) is 22.9 Å². The van der Waals surface area contributed by atoms with Crippen LogP contribution in [-0.2, 0) is 9.59 Å². The van der Waals surface area contributed by atoms with Crippen molar-refractivity contribution in [2.24, 2.45) is 0 Å². The minimum Gasteiger partial charge on any atom is -0.507 e. The number of hydrogen-bond donors (Lipinski definition) is 1. The molecule has 8 heteroatoms. The summed E-state index contributed by atoms with van der Waals surface area (Å²) in [5.74, 6) is -0.599. The third-order valence-corrected chi connectivity index (χ3v) is 6.61. The van der Waals surface area contributed by atoms with E-state index in [1.165, 1.54) is 11.3 Å². The van der Waals surface area contributed by atoms with Crippen LogP contribution in [0.25, 0.3) is 5.76 Å². The van der Waals surface area contributed by atoms with Crippen LogP contribution in [0.4, 0.5) is 5.69 Å². The highest BCUT2D eigenvalue weighted by atomic mass is 32.1. The fraction of sp³-hybridized carbons (Fsp3) is 0.391. The second-order valence-corrected chi connectivity index (χ2v) is 9.10. The number of nitrogens with zero attached hydrogens (tertiary/aromatic N) is 3. The summed E-state index contributed by atoms with van der Waals surface area (Å²) < 4.78 is 5.68. The van der Waals surface area contributed by atoms with Crippen LogP contribution in [0.15, 0.2) is 41.3 Å². The number of hydrogen-bond acceptors (Lipinski definition) is 7. The molecule has 0 aliphatic carbocycles. The fourth-order valence-electron chi connectivity index (χ4n) is 4.06. The Bertz CT molecular complexity index is 1020. The van der Waals surface area contributed by atoms with Crippen molar-refractivity contribution in [1.29, 1.82) is 0 Å². The van der Waals surface area contributed by atoms with Crippen LogP contribution in [-0.4, -0.2) is 74.0 Å². The first kappa shape index (κ1) is 21.4. The Morgan fingerprint density at radius 1 is 1.29 bits per heavy atom. The van der Waals surface area contributed by atoms with Gasteiger partial charge in [0.25, 0.3) is 11.7 Å². The van der Waals surface area contributed by atoms with E-state index in [4.69, 9.17) is 4.74 Å². The Morgan fingerprint density at radius 3 is 2.81 bits per heavy atom. The molecule has 31 heavy (non-hydrogen) atoms. The summed E-state index contributed by atoms with van der Waals surface area (Å²) in [7, 11) is 5.91. The molecule has 3 heterocycles. The molecule has 1 atom stereocenters. The minimum atomic E-state index is -0.636. The second kappa shape index (κ2) is 8.72. The van der Waals surface area contributed by atoms with Crippen LogP contribution < -0.4 is 9.64 Å². The summed E-state index contributed by atoms with van der Waals surface area (Å²) in [6.07, 6.45) is 0.739. The van der Waals surface area contributed by atoms with Gasteiger partial charge in [0.05, 0.1) is 23.8 Å². The van der Waals surface area contributed by atoms with Crippen molar-refractivity contribution >= 4 is 34.5 Å². The van der Waals surface area contributed by atoms with E-state index in [-0.39, 0.29) is 11.3 Å².